The van der Waals surface area contributed by atoms with Gasteiger partial charge >= 0.3 is 0 Å². The zero-order valence-electron chi connectivity index (χ0n) is 7.34. The minimum absolute atomic E-state index is 0.110. The number of hydrogen-bond acceptors (Lipinski definition) is 2. The molecule has 1 aromatic carbocycles. The molecule has 0 heterocycles. The average Bonchev–Trinajstić information content (AvgIpc) is 2.43. The predicted octanol–water partition coefficient (Wildman–Crippen LogP) is 2.21. The van der Waals surface area contributed by atoms with Gasteiger partial charge in [-0.1, -0.05) is 18.2 Å². The fraction of sp³-hybridized carbons (Fsp3) is 0.300. The van der Waals surface area contributed by atoms with Crippen LogP contribution in [-0.2, 0) is 0 Å². The highest BCUT2D eigenvalue weighted by molar-refractivity contribution is 6.01. The largest absolute Gasteiger partial charge is 0.324 e. The molecule has 0 radical (unpaired) electrons. The third kappa shape index (κ3) is 1.23. The molecule has 0 saturated heterocycles. The molecule has 1 unspecified atom stereocenters. The molecule has 2 nitrogen and oxygen atoms in total. The number of ketones is 1. The van der Waals surface area contributed by atoms with Crippen molar-refractivity contribution in [3.8, 4) is 0 Å². The van der Waals surface area contributed by atoms with Crippen molar-refractivity contribution in [2.45, 2.75) is 18.9 Å². The Morgan fingerprint density at radius 1 is 1.43 bits per heavy atom. The average molecular weight is 197 g/mol. The van der Waals surface area contributed by atoms with Crippen molar-refractivity contribution in [2.24, 2.45) is 5.73 Å². The standard InChI is InChI=1S/C10H9F2NO/c11-10(12)6-3-1-2-5-8(14)4-7(13)9(5)6/h1-3,7,10H,4,13H2. The molecule has 74 valence electrons. The van der Waals surface area contributed by atoms with E-state index in [1.807, 2.05) is 0 Å². The van der Waals surface area contributed by atoms with Crippen LogP contribution < -0.4 is 5.73 Å². The van der Waals surface area contributed by atoms with E-state index in [9.17, 15) is 13.6 Å². The van der Waals surface area contributed by atoms with Crippen LogP contribution in [0.1, 0.15) is 40.4 Å². The molecular formula is C10H9F2NO. The quantitative estimate of drug-likeness (QED) is 0.750. The Kier molecular flexibility index (Phi) is 2.07. The van der Waals surface area contributed by atoms with Crippen molar-refractivity contribution in [2.75, 3.05) is 0 Å². The van der Waals surface area contributed by atoms with Crippen molar-refractivity contribution in [3.05, 3.63) is 34.9 Å². The molecule has 0 amide bonds. The molecule has 1 aromatic rings. The summed E-state index contributed by atoms with van der Waals surface area (Å²) in [4.78, 5) is 11.3. The maximum Gasteiger partial charge on any atom is 0.264 e. The van der Waals surface area contributed by atoms with E-state index in [1.54, 1.807) is 6.07 Å². The summed E-state index contributed by atoms with van der Waals surface area (Å²) < 4.78 is 25.1. The predicted molar refractivity (Wildman–Crippen MR) is 47.3 cm³/mol. The Balaban J connectivity index is 2.62. The Bertz CT molecular complexity index is 390. The summed E-state index contributed by atoms with van der Waals surface area (Å²) in [7, 11) is 0. The van der Waals surface area contributed by atoms with Gasteiger partial charge in [-0.2, -0.15) is 0 Å². The molecule has 2 rings (SSSR count). The van der Waals surface area contributed by atoms with Gasteiger partial charge in [-0.3, -0.25) is 4.79 Å². The van der Waals surface area contributed by atoms with Gasteiger partial charge in [-0.25, -0.2) is 8.78 Å². The van der Waals surface area contributed by atoms with Crippen LogP contribution >= 0.6 is 0 Å². The topological polar surface area (TPSA) is 43.1 Å². The van der Waals surface area contributed by atoms with Crippen molar-refractivity contribution in [3.63, 3.8) is 0 Å². The number of benzene rings is 1. The summed E-state index contributed by atoms with van der Waals surface area (Å²) in [5.74, 6) is -0.144. The van der Waals surface area contributed by atoms with Gasteiger partial charge in [-0.05, 0) is 5.56 Å². The second-order valence-corrected chi connectivity index (χ2v) is 3.34. The van der Waals surface area contributed by atoms with Crippen molar-refractivity contribution in [1.82, 2.24) is 0 Å². The first-order valence-corrected chi connectivity index (χ1v) is 4.31. The van der Waals surface area contributed by atoms with E-state index in [-0.39, 0.29) is 17.8 Å². The van der Waals surface area contributed by atoms with Gasteiger partial charge < -0.3 is 5.73 Å². The van der Waals surface area contributed by atoms with E-state index in [4.69, 9.17) is 5.73 Å². The molecule has 0 aromatic heterocycles. The van der Waals surface area contributed by atoms with Gasteiger partial charge in [0, 0.05) is 23.6 Å². The van der Waals surface area contributed by atoms with Gasteiger partial charge in [0.25, 0.3) is 6.43 Å². The lowest BCUT2D eigenvalue weighted by Crippen LogP contribution is -2.08. The molecular weight excluding hydrogens is 188 g/mol. The molecule has 0 saturated carbocycles. The normalized spacial score (nSPS) is 20.3. The lowest BCUT2D eigenvalue weighted by atomic mass is 10.0. The highest BCUT2D eigenvalue weighted by Crippen LogP contribution is 2.36. The lowest BCUT2D eigenvalue weighted by molar-refractivity contribution is 0.0989. The van der Waals surface area contributed by atoms with Gasteiger partial charge in [-0.15, -0.1) is 0 Å². The number of halogens is 2. The number of carbonyl (C=O) groups excluding carboxylic acids is 1. The molecule has 1 atom stereocenters. The zero-order valence-corrected chi connectivity index (χ0v) is 7.34. The minimum Gasteiger partial charge on any atom is -0.324 e. The number of fused-ring (bicyclic) bond motifs is 1. The molecule has 0 fully saturated rings. The van der Waals surface area contributed by atoms with Crippen LogP contribution in [0.15, 0.2) is 18.2 Å². The van der Waals surface area contributed by atoms with Crippen LogP contribution in [0.4, 0.5) is 8.78 Å². The first kappa shape index (κ1) is 9.27. The van der Waals surface area contributed by atoms with Gasteiger partial charge in [0.2, 0.25) is 0 Å². The first-order chi connectivity index (χ1) is 6.61. The van der Waals surface area contributed by atoms with E-state index in [2.05, 4.69) is 0 Å². The number of alkyl halides is 2. The summed E-state index contributed by atoms with van der Waals surface area (Å²) in [5.41, 5.74) is 6.19. The summed E-state index contributed by atoms with van der Waals surface area (Å²) in [6.45, 7) is 0. The van der Waals surface area contributed by atoms with E-state index >= 15 is 0 Å². The monoisotopic (exact) mass is 197 g/mol. The van der Waals surface area contributed by atoms with Crippen LogP contribution in [0.2, 0.25) is 0 Å². The van der Waals surface area contributed by atoms with Crippen molar-refractivity contribution in [1.29, 1.82) is 0 Å². The van der Waals surface area contributed by atoms with Crippen LogP contribution in [0, 0.1) is 0 Å². The Labute approximate surface area is 79.7 Å². The fourth-order valence-electron chi connectivity index (χ4n) is 1.84. The van der Waals surface area contributed by atoms with Gasteiger partial charge in [0.1, 0.15) is 0 Å². The SMILES string of the molecule is NC1CC(=O)c2cccc(C(F)F)c21. The molecule has 2 N–H and O–H groups in total. The van der Waals surface area contributed by atoms with Crippen molar-refractivity contribution < 1.29 is 13.6 Å². The molecule has 0 spiro atoms. The maximum atomic E-state index is 12.6. The highest BCUT2D eigenvalue weighted by atomic mass is 19.3. The molecule has 1 aliphatic rings. The second kappa shape index (κ2) is 3.13. The first-order valence-electron chi connectivity index (χ1n) is 4.31. The summed E-state index contributed by atoms with van der Waals surface area (Å²) in [5, 5.41) is 0. The van der Waals surface area contributed by atoms with E-state index in [1.165, 1.54) is 12.1 Å². The Morgan fingerprint density at radius 2 is 2.14 bits per heavy atom. The van der Waals surface area contributed by atoms with E-state index in [0.29, 0.717) is 11.1 Å². The van der Waals surface area contributed by atoms with Crippen LogP contribution in [0.3, 0.4) is 0 Å². The Hall–Kier alpha value is -1.29. The number of rotatable bonds is 1. The van der Waals surface area contributed by atoms with E-state index < -0.39 is 12.5 Å². The number of carbonyl (C=O) groups is 1. The molecule has 14 heavy (non-hydrogen) atoms. The highest BCUT2D eigenvalue weighted by Gasteiger charge is 2.30. The number of Topliss-reactive ketones (excluding diaryl/α,β-unsaturated/α-hetero) is 1. The molecule has 0 aliphatic heterocycles. The van der Waals surface area contributed by atoms with Gasteiger partial charge in [0.15, 0.2) is 5.78 Å². The number of nitrogens with two attached hydrogens (primary N) is 1. The summed E-state index contributed by atoms with van der Waals surface area (Å²) in [6.07, 6.45) is -2.43. The summed E-state index contributed by atoms with van der Waals surface area (Å²) >= 11 is 0. The van der Waals surface area contributed by atoms with Crippen LogP contribution in [0.25, 0.3) is 0 Å². The van der Waals surface area contributed by atoms with Crippen LogP contribution in [-0.4, -0.2) is 5.78 Å². The fourth-order valence-corrected chi connectivity index (χ4v) is 1.84. The lowest BCUT2D eigenvalue weighted by Gasteiger charge is -2.09. The molecule has 4 heteroatoms. The molecule has 0 bridgehead atoms. The van der Waals surface area contributed by atoms with Crippen molar-refractivity contribution >= 4 is 5.78 Å². The smallest absolute Gasteiger partial charge is 0.264 e. The summed E-state index contributed by atoms with van der Waals surface area (Å²) in [6, 6.07) is 3.77. The molecule has 1 aliphatic carbocycles. The Morgan fingerprint density at radius 3 is 2.79 bits per heavy atom. The third-order valence-corrected chi connectivity index (χ3v) is 2.45. The van der Waals surface area contributed by atoms with Gasteiger partial charge in [0.05, 0.1) is 0 Å². The van der Waals surface area contributed by atoms with E-state index in [0.717, 1.165) is 0 Å². The second-order valence-electron chi connectivity index (χ2n) is 3.34. The number of hydrogen-bond donors (Lipinski definition) is 1. The van der Waals surface area contributed by atoms with Crippen LogP contribution in [0.5, 0.6) is 0 Å². The zero-order chi connectivity index (χ0) is 10.3. The maximum absolute atomic E-state index is 12.6. The minimum atomic E-state index is -2.57. The third-order valence-electron chi connectivity index (χ3n) is 2.45.